The second-order valence-corrected chi connectivity index (χ2v) is 6.38. The Kier molecular flexibility index (Phi) is 3.81. The molecule has 1 N–H and O–H groups in total. The molecule has 0 atom stereocenters. The van der Waals surface area contributed by atoms with Gasteiger partial charge in [-0.05, 0) is 25.1 Å². The van der Waals surface area contributed by atoms with Crippen LogP contribution in [0, 0.1) is 6.92 Å². The Morgan fingerprint density at radius 3 is 2.86 bits per heavy atom. The fraction of sp³-hybridized carbons (Fsp3) is 0.0667. The van der Waals surface area contributed by atoms with Crippen LogP contribution in [0.1, 0.15) is 11.3 Å². The van der Waals surface area contributed by atoms with Gasteiger partial charge in [0.15, 0.2) is 4.96 Å². The molecule has 1 aromatic carbocycles. The van der Waals surface area contributed by atoms with Gasteiger partial charge >= 0.3 is 5.97 Å². The summed E-state index contributed by atoms with van der Waals surface area (Å²) in [7, 11) is 0. The van der Waals surface area contributed by atoms with E-state index in [0.29, 0.717) is 0 Å². The Hall–Kier alpha value is -2.05. The van der Waals surface area contributed by atoms with Gasteiger partial charge in [0.05, 0.1) is 5.69 Å². The number of rotatable bonds is 4. The van der Waals surface area contributed by atoms with E-state index in [1.807, 2.05) is 47.2 Å². The fourth-order valence-corrected chi connectivity index (χ4v) is 3.56. The summed E-state index contributed by atoms with van der Waals surface area (Å²) in [6.07, 6.45) is 4.62. The number of aryl methyl sites for hydroxylation is 1. The summed E-state index contributed by atoms with van der Waals surface area (Å²) < 4.78 is 1.90. The van der Waals surface area contributed by atoms with Crippen LogP contribution in [-0.4, -0.2) is 20.5 Å². The quantitative estimate of drug-likeness (QED) is 0.740. The normalized spacial score (nSPS) is 11.5. The lowest BCUT2D eigenvalue weighted by Gasteiger charge is -2.01. The molecule has 0 saturated carbocycles. The van der Waals surface area contributed by atoms with Crippen LogP contribution >= 0.6 is 23.1 Å². The third-order valence-electron chi connectivity index (χ3n) is 2.88. The summed E-state index contributed by atoms with van der Waals surface area (Å²) in [6.45, 7) is 2.04. The van der Waals surface area contributed by atoms with Crippen molar-refractivity contribution in [2.75, 3.05) is 0 Å². The molecule has 4 nitrogen and oxygen atoms in total. The molecule has 0 bridgehead atoms. The summed E-state index contributed by atoms with van der Waals surface area (Å²) >= 11 is 3.06. The number of benzene rings is 1. The second-order valence-electron chi connectivity index (χ2n) is 4.44. The first kappa shape index (κ1) is 13.9. The molecule has 3 rings (SSSR count). The molecular weight excluding hydrogens is 304 g/mol. The molecule has 0 fully saturated rings. The van der Waals surface area contributed by atoms with Gasteiger partial charge in [0, 0.05) is 22.5 Å². The monoisotopic (exact) mass is 316 g/mol. The van der Waals surface area contributed by atoms with Crippen molar-refractivity contribution in [3.8, 4) is 0 Å². The highest BCUT2D eigenvalue weighted by Crippen LogP contribution is 2.32. The maximum absolute atomic E-state index is 10.8. The second kappa shape index (κ2) is 5.75. The lowest BCUT2D eigenvalue weighted by atomic mass is 10.2. The minimum atomic E-state index is -0.966. The smallest absolute Gasteiger partial charge is 0.328 e. The van der Waals surface area contributed by atoms with Crippen molar-refractivity contribution < 1.29 is 9.90 Å². The number of nitrogens with zero attached hydrogens (tertiary/aromatic N) is 2. The van der Waals surface area contributed by atoms with Gasteiger partial charge in [0.25, 0.3) is 0 Å². The van der Waals surface area contributed by atoms with Crippen molar-refractivity contribution in [2.24, 2.45) is 0 Å². The molecule has 3 aromatic rings. The third kappa shape index (κ3) is 3.01. The van der Waals surface area contributed by atoms with Gasteiger partial charge in [-0.15, -0.1) is 11.3 Å². The van der Waals surface area contributed by atoms with Crippen LogP contribution in [0.4, 0.5) is 0 Å². The Balaban J connectivity index is 2.00. The predicted octanol–water partition coefficient (Wildman–Crippen LogP) is 3.95. The van der Waals surface area contributed by atoms with Crippen molar-refractivity contribution >= 4 is 40.1 Å². The number of fused-ring (bicyclic) bond motifs is 1. The number of aromatic nitrogens is 2. The van der Waals surface area contributed by atoms with Crippen molar-refractivity contribution in [3.05, 3.63) is 53.2 Å². The molecule has 6 heteroatoms. The molecule has 21 heavy (non-hydrogen) atoms. The highest BCUT2D eigenvalue weighted by molar-refractivity contribution is 7.99. The first-order valence-electron chi connectivity index (χ1n) is 6.24. The van der Waals surface area contributed by atoms with Crippen LogP contribution < -0.4 is 0 Å². The summed E-state index contributed by atoms with van der Waals surface area (Å²) in [5, 5.41) is 11.6. The Morgan fingerprint density at radius 1 is 1.38 bits per heavy atom. The van der Waals surface area contributed by atoms with Gasteiger partial charge in [0.2, 0.25) is 0 Å². The van der Waals surface area contributed by atoms with Gasteiger partial charge in [-0.2, -0.15) is 0 Å². The van der Waals surface area contributed by atoms with Crippen LogP contribution in [0.3, 0.4) is 0 Å². The first-order valence-corrected chi connectivity index (χ1v) is 7.94. The zero-order valence-corrected chi connectivity index (χ0v) is 12.8. The lowest BCUT2D eigenvalue weighted by molar-refractivity contribution is -0.131. The molecule has 0 aliphatic heterocycles. The zero-order chi connectivity index (χ0) is 14.8. The van der Waals surface area contributed by atoms with Gasteiger partial charge in [-0.25, -0.2) is 9.78 Å². The van der Waals surface area contributed by atoms with Gasteiger partial charge in [-0.1, -0.05) is 29.5 Å². The number of carbonyl (C=O) groups is 1. The van der Waals surface area contributed by atoms with Crippen LogP contribution in [0.2, 0.25) is 0 Å². The van der Waals surface area contributed by atoms with E-state index >= 15 is 0 Å². The van der Waals surface area contributed by atoms with Crippen LogP contribution in [-0.2, 0) is 4.79 Å². The van der Waals surface area contributed by atoms with Crippen LogP contribution in [0.25, 0.3) is 11.0 Å². The molecule has 2 aromatic heterocycles. The summed E-state index contributed by atoms with van der Waals surface area (Å²) in [4.78, 5) is 17.3. The molecular formula is C15H12N2O2S2. The number of aliphatic carboxylic acids is 1. The minimum Gasteiger partial charge on any atom is -0.478 e. The van der Waals surface area contributed by atoms with Gasteiger partial charge in [-0.3, -0.25) is 4.40 Å². The van der Waals surface area contributed by atoms with Crippen molar-refractivity contribution in [3.63, 3.8) is 0 Å². The molecule has 0 spiro atoms. The molecule has 0 aliphatic carbocycles. The molecule has 106 valence electrons. The topological polar surface area (TPSA) is 54.6 Å². The van der Waals surface area contributed by atoms with Crippen LogP contribution in [0.15, 0.2) is 51.8 Å². The Labute approximate surface area is 129 Å². The van der Waals surface area contributed by atoms with E-state index in [1.165, 1.54) is 28.7 Å². The first-order chi connectivity index (χ1) is 10.1. The van der Waals surface area contributed by atoms with E-state index in [9.17, 15) is 4.79 Å². The standard InChI is InChI=1S/C15H12N2O2S2/c1-10-2-4-11(5-3-10)21-14-12(6-7-13(18)19)17-8-9-20-15(17)16-14/h2-9H,1H3,(H,18,19)/b7-6+. The summed E-state index contributed by atoms with van der Waals surface area (Å²) in [6, 6.07) is 8.18. The molecule has 2 heterocycles. The van der Waals surface area contributed by atoms with Gasteiger partial charge in [0.1, 0.15) is 5.03 Å². The van der Waals surface area contributed by atoms with Gasteiger partial charge < -0.3 is 5.11 Å². The van der Waals surface area contributed by atoms with E-state index in [1.54, 1.807) is 6.08 Å². The molecule has 0 amide bonds. The number of carboxylic acid groups (broad SMARTS) is 1. The summed E-state index contributed by atoms with van der Waals surface area (Å²) in [5.74, 6) is -0.966. The van der Waals surface area contributed by atoms with E-state index in [4.69, 9.17) is 5.11 Å². The maximum atomic E-state index is 10.8. The number of hydrogen-bond donors (Lipinski definition) is 1. The average Bonchev–Trinajstić information content (AvgIpc) is 3.00. The van der Waals surface area contributed by atoms with Crippen molar-refractivity contribution in [1.82, 2.24) is 9.38 Å². The van der Waals surface area contributed by atoms with E-state index in [-0.39, 0.29) is 0 Å². The van der Waals surface area contributed by atoms with Crippen molar-refractivity contribution in [1.29, 1.82) is 0 Å². The number of imidazole rings is 1. The van der Waals surface area contributed by atoms with E-state index in [0.717, 1.165) is 26.7 Å². The highest BCUT2D eigenvalue weighted by atomic mass is 32.2. The Bertz CT molecular complexity index is 816. The minimum absolute atomic E-state index is 0.791. The average molecular weight is 316 g/mol. The number of hydrogen-bond acceptors (Lipinski definition) is 4. The number of carboxylic acids is 1. The van der Waals surface area contributed by atoms with Crippen molar-refractivity contribution in [2.45, 2.75) is 16.8 Å². The molecule has 0 unspecified atom stereocenters. The van der Waals surface area contributed by atoms with E-state index < -0.39 is 5.97 Å². The number of thiazole rings is 1. The molecule has 0 saturated heterocycles. The molecule has 0 radical (unpaired) electrons. The predicted molar refractivity (Wildman–Crippen MR) is 85.0 cm³/mol. The van der Waals surface area contributed by atoms with Crippen LogP contribution in [0.5, 0.6) is 0 Å². The molecule has 0 aliphatic rings. The summed E-state index contributed by atoms with van der Waals surface area (Å²) in [5.41, 5.74) is 2.00. The fourth-order valence-electron chi connectivity index (χ4n) is 1.88. The third-order valence-corrected chi connectivity index (χ3v) is 4.64. The van der Waals surface area contributed by atoms with E-state index in [2.05, 4.69) is 4.98 Å². The largest absolute Gasteiger partial charge is 0.478 e. The Morgan fingerprint density at radius 2 is 2.14 bits per heavy atom. The maximum Gasteiger partial charge on any atom is 0.328 e. The lowest BCUT2D eigenvalue weighted by Crippen LogP contribution is -1.88. The highest BCUT2D eigenvalue weighted by Gasteiger charge is 2.12. The zero-order valence-electron chi connectivity index (χ0n) is 11.2. The SMILES string of the molecule is Cc1ccc(Sc2nc3sccn3c2/C=C/C(=O)O)cc1.